The fourth-order valence-electron chi connectivity index (χ4n) is 2.07. The molecule has 0 saturated heterocycles. The van der Waals surface area contributed by atoms with E-state index in [1.165, 1.54) is 44.2 Å². The number of amides is 1. The standard InChI is InChI=1S/C16H16F2N2O3S/c1-10(12-3-8-15(17)16(18)9-12)20-24(22,23)14-6-4-13(5-7-14)19-11(2)21/h3-10,20H,1-2H3,(H,19,21)/t10-/m0/s1. The van der Waals surface area contributed by atoms with Crippen LogP contribution < -0.4 is 10.0 Å². The van der Waals surface area contributed by atoms with Gasteiger partial charge in [0, 0.05) is 18.7 Å². The van der Waals surface area contributed by atoms with E-state index in [1.54, 1.807) is 0 Å². The van der Waals surface area contributed by atoms with Crippen LogP contribution in [0.1, 0.15) is 25.5 Å². The van der Waals surface area contributed by atoms with Crippen molar-refractivity contribution in [1.82, 2.24) is 4.72 Å². The summed E-state index contributed by atoms with van der Waals surface area (Å²) in [6.45, 7) is 2.87. The smallest absolute Gasteiger partial charge is 0.241 e. The van der Waals surface area contributed by atoms with Crippen molar-refractivity contribution in [2.24, 2.45) is 0 Å². The number of hydrogen-bond acceptors (Lipinski definition) is 3. The zero-order valence-corrected chi connectivity index (χ0v) is 13.8. The summed E-state index contributed by atoms with van der Waals surface area (Å²) in [5.41, 5.74) is 0.766. The fraction of sp³-hybridized carbons (Fsp3) is 0.188. The summed E-state index contributed by atoms with van der Waals surface area (Å²) in [5, 5.41) is 2.53. The maximum absolute atomic E-state index is 13.3. The van der Waals surface area contributed by atoms with Crippen LogP contribution in [0, 0.1) is 11.6 Å². The van der Waals surface area contributed by atoms with Crippen molar-refractivity contribution >= 4 is 21.6 Å². The molecule has 0 bridgehead atoms. The molecule has 0 aliphatic carbocycles. The summed E-state index contributed by atoms with van der Waals surface area (Å²) in [4.78, 5) is 10.9. The average molecular weight is 354 g/mol. The molecule has 0 heterocycles. The van der Waals surface area contributed by atoms with E-state index in [9.17, 15) is 22.0 Å². The molecule has 0 spiro atoms. The van der Waals surface area contributed by atoms with Crippen molar-refractivity contribution in [2.75, 3.05) is 5.32 Å². The van der Waals surface area contributed by atoms with Crippen molar-refractivity contribution in [3.05, 3.63) is 59.7 Å². The minimum Gasteiger partial charge on any atom is -0.326 e. The van der Waals surface area contributed by atoms with Gasteiger partial charge in [-0.05, 0) is 48.9 Å². The lowest BCUT2D eigenvalue weighted by Gasteiger charge is -2.15. The van der Waals surface area contributed by atoms with Gasteiger partial charge in [0.2, 0.25) is 15.9 Å². The van der Waals surface area contributed by atoms with Crippen molar-refractivity contribution < 1.29 is 22.0 Å². The lowest BCUT2D eigenvalue weighted by Crippen LogP contribution is -2.27. The number of rotatable bonds is 5. The van der Waals surface area contributed by atoms with E-state index in [0.717, 1.165) is 12.1 Å². The average Bonchev–Trinajstić information content (AvgIpc) is 2.49. The van der Waals surface area contributed by atoms with Gasteiger partial charge in [-0.3, -0.25) is 4.79 Å². The van der Waals surface area contributed by atoms with Gasteiger partial charge in [0.1, 0.15) is 0 Å². The predicted molar refractivity (Wildman–Crippen MR) is 85.8 cm³/mol. The van der Waals surface area contributed by atoms with Gasteiger partial charge in [0.05, 0.1) is 4.90 Å². The van der Waals surface area contributed by atoms with Gasteiger partial charge in [-0.2, -0.15) is 0 Å². The Hall–Kier alpha value is -2.32. The second-order valence-corrected chi connectivity index (χ2v) is 6.94. The van der Waals surface area contributed by atoms with E-state index in [1.807, 2.05) is 0 Å². The first-order valence-electron chi connectivity index (χ1n) is 7.04. The van der Waals surface area contributed by atoms with Crippen LogP contribution in [0.3, 0.4) is 0 Å². The maximum atomic E-state index is 13.3. The molecule has 5 nitrogen and oxygen atoms in total. The molecule has 2 rings (SSSR count). The molecule has 0 unspecified atom stereocenters. The number of carbonyl (C=O) groups excluding carboxylic acids is 1. The van der Waals surface area contributed by atoms with E-state index in [2.05, 4.69) is 10.0 Å². The molecule has 2 aromatic rings. The zero-order valence-electron chi connectivity index (χ0n) is 13.0. The Bertz CT molecular complexity index is 852. The van der Waals surface area contributed by atoms with Gasteiger partial charge in [-0.1, -0.05) is 6.07 Å². The summed E-state index contributed by atoms with van der Waals surface area (Å²) in [5.74, 6) is -2.31. The van der Waals surface area contributed by atoms with Crippen molar-refractivity contribution in [1.29, 1.82) is 0 Å². The Morgan fingerprint density at radius 1 is 1.04 bits per heavy atom. The first kappa shape index (κ1) is 18.0. The quantitative estimate of drug-likeness (QED) is 0.867. The fourth-order valence-corrected chi connectivity index (χ4v) is 3.30. The summed E-state index contributed by atoms with van der Waals surface area (Å²) < 4.78 is 53.3. The topological polar surface area (TPSA) is 75.3 Å². The van der Waals surface area contributed by atoms with Crippen LogP contribution in [-0.4, -0.2) is 14.3 Å². The van der Waals surface area contributed by atoms with Gasteiger partial charge < -0.3 is 5.32 Å². The normalized spacial score (nSPS) is 12.7. The Balaban J connectivity index is 2.17. The number of benzene rings is 2. The summed E-state index contributed by atoms with van der Waals surface area (Å²) in [6, 6.07) is 8.04. The molecule has 0 saturated carbocycles. The highest BCUT2D eigenvalue weighted by Gasteiger charge is 2.19. The van der Waals surface area contributed by atoms with Crippen LogP contribution in [0.5, 0.6) is 0 Å². The van der Waals surface area contributed by atoms with Crippen LogP contribution in [0.2, 0.25) is 0 Å². The highest BCUT2D eigenvalue weighted by molar-refractivity contribution is 7.89. The molecule has 8 heteroatoms. The first-order chi connectivity index (χ1) is 11.2. The molecule has 1 amide bonds. The summed E-state index contributed by atoms with van der Waals surface area (Å²) >= 11 is 0. The van der Waals surface area contributed by atoms with Crippen LogP contribution in [-0.2, 0) is 14.8 Å². The van der Waals surface area contributed by atoms with Crippen molar-refractivity contribution in [3.8, 4) is 0 Å². The maximum Gasteiger partial charge on any atom is 0.241 e. The predicted octanol–water partition coefficient (Wildman–Crippen LogP) is 2.96. The Morgan fingerprint density at radius 2 is 1.67 bits per heavy atom. The van der Waals surface area contributed by atoms with E-state index in [0.29, 0.717) is 11.3 Å². The highest BCUT2D eigenvalue weighted by Crippen LogP contribution is 2.20. The third kappa shape index (κ3) is 4.36. The molecule has 128 valence electrons. The van der Waals surface area contributed by atoms with Gasteiger partial charge in [0.25, 0.3) is 0 Å². The van der Waals surface area contributed by atoms with Gasteiger partial charge >= 0.3 is 0 Å². The lowest BCUT2D eigenvalue weighted by atomic mass is 10.1. The van der Waals surface area contributed by atoms with E-state index in [-0.39, 0.29) is 10.8 Å². The zero-order chi connectivity index (χ0) is 17.9. The molecule has 24 heavy (non-hydrogen) atoms. The molecule has 0 aliphatic heterocycles. The molecule has 0 aliphatic rings. The Labute approximate surface area is 138 Å². The number of hydrogen-bond donors (Lipinski definition) is 2. The molecule has 1 atom stereocenters. The number of halogens is 2. The molecule has 2 N–H and O–H groups in total. The van der Waals surface area contributed by atoms with Crippen LogP contribution in [0.4, 0.5) is 14.5 Å². The number of nitrogens with one attached hydrogen (secondary N) is 2. The number of sulfonamides is 1. The van der Waals surface area contributed by atoms with Gasteiger partial charge in [-0.25, -0.2) is 21.9 Å². The van der Waals surface area contributed by atoms with Crippen molar-refractivity contribution in [3.63, 3.8) is 0 Å². The Kier molecular flexibility index (Phi) is 5.30. The lowest BCUT2D eigenvalue weighted by molar-refractivity contribution is -0.114. The summed E-state index contributed by atoms with van der Waals surface area (Å²) in [7, 11) is -3.85. The molecule has 2 aromatic carbocycles. The van der Waals surface area contributed by atoms with Crippen LogP contribution >= 0.6 is 0 Å². The first-order valence-corrected chi connectivity index (χ1v) is 8.52. The summed E-state index contributed by atoms with van der Waals surface area (Å²) in [6.07, 6.45) is 0. The monoisotopic (exact) mass is 354 g/mol. The minimum absolute atomic E-state index is 0.00830. The molecule has 0 radical (unpaired) electrons. The second kappa shape index (κ2) is 7.06. The molecular formula is C16H16F2N2O3S. The Morgan fingerprint density at radius 3 is 2.21 bits per heavy atom. The van der Waals surface area contributed by atoms with Crippen LogP contribution in [0.25, 0.3) is 0 Å². The SMILES string of the molecule is CC(=O)Nc1ccc(S(=O)(=O)N[C@@H](C)c2ccc(F)c(F)c2)cc1. The minimum atomic E-state index is -3.85. The molecule has 0 fully saturated rings. The van der Waals surface area contributed by atoms with Crippen molar-refractivity contribution in [2.45, 2.75) is 24.8 Å². The van der Waals surface area contributed by atoms with Gasteiger partial charge in [-0.15, -0.1) is 0 Å². The number of anilines is 1. The third-order valence-corrected chi connectivity index (χ3v) is 4.82. The molecule has 0 aromatic heterocycles. The van der Waals surface area contributed by atoms with E-state index >= 15 is 0 Å². The largest absolute Gasteiger partial charge is 0.326 e. The highest BCUT2D eigenvalue weighted by atomic mass is 32.2. The second-order valence-electron chi connectivity index (χ2n) is 5.22. The third-order valence-electron chi connectivity index (χ3n) is 3.26. The van der Waals surface area contributed by atoms with Crippen LogP contribution in [0.15, 0.2) is 47.4 Å². The van der Waals surface area contributed by atoms with E-state index in [4.69, 9.17) is 0 Å². The molecular weight excluding hydrogens is 338 g/mol. The number of carbonyl (C=O) groups is 1. The van der Waals surface area contributed by atoms with Gasteiger partial charge in [0.15, 0.2) is 11.6 Å². The van der Waals surface area contributed by atoms with E-state index < -0.39 is 27.7 Å².